The maximum absolute atomic E-state index is 13.4. The van der Waals surface area contributed by atoms with Crippen molar-refractivity contribution in [3.8, 4) is 23.0 Å². The number of nitrogens with zero attached hydrogens (tertiary/aromatic N) is 12. The van der Waals surface area contributed by atoms with Crippen molar-refractivity contribution in [2.45, 2.75) is 80.3 Å². The van der Waals surface area contributed by atoms with Gasteiger partial charge in [-0.3, -0.25) is 75.5 Å². The summed E-state index contributed by atoms with van der Waals surface area (Å²) in [5.41, 5.74) is 29.2. The number of ether oxygens (including phenoxy) is 13. The van der Waals surface area contributed by atoms with Gasteiger partial charge in [-0.15, -0.1) is 0 Å². The Hall–Kier alpha value is -15.5. The summed E-state index contributed by atoms with van der Waals surface area (Å²) in [5, 5.41) is 0. The van der Waals surface area contributed by atoms with Crippen LogP contribution in [0, 0.1) is 27.7 Å². The van der Waals surface area contributed by atoms with Crippen LogP contribution in [0.2, 0.25) is 0 Å². The Balaban J connectivity index is 0.000000177. The van der Waals surface area contributed by atoms with Gasteiger partial charge in [0.25, 0.3) is 22.2 Å². The Bertz CT molecular complexity index is 7210. The van der Waals surface area contributed by atoms with E-state index in [2.05, 4.69) is 69.3 Å². The van der Waals surface area contributed by atoms with Gasteiger partial charge in [0.05, 0.1) is 92.4 Å². The van der Waals surface area contributed by atoms with Crippen LogP contribution in [0.15, 0.2) is 226 Å². The summed E-state index contributed by atoms with van der Waals surface area (Å²) in [6, 6.07) is 53.0. The van der Waals surface area contributed by atoms with Crippen LogP contribution < -0.4 is 64.1 Å². The van der Waals surface area contributed by atoms with E-state index in [1.807, 2.05) is 107 Å². The lowest BCUT2D eigenvalue weighted by Crippen LogP contribution is -2.15. The van der Waals surface area contributed by atoms with Gasteiger partial charge >= 0.3 is 55.0 Å². The quantitative estimate of drug-likeness (QED) is 0.00438. The van der Waals surface area contributed by atoms with Crippen molar-refractivity contribution < 1.29 is 135 Å². The lowest BCUT2D eigenvalue weighted by Gasteiger charge is -2.19. The number of H-pyrrole nitrogens is 4. The molecule has 0 saturated heterocycles. The molecule has 15 aromatic rings. The van der Waals surface area contributed by atoms with Gasteiger partial charge in [-0.2, -0.15) is 19.9 Å². The van der Waals surface area contributed by atoms with Crippen LogP contribution in [-0.2, 0) is 150 Å². The monoisotopic (exact) mass is 2140 g/mol. The number of imidazole rings is 4. The third-order valence-electron chi connectivity index (χ3n) is 20.1. The molecule has 0 aliphatic heterocycles. The summed E-state index contributed by atoms with van der Waals surface area (Å²) in [6.07, 6.45) is -0.164. The summed E-state index contributed by atoms with van der Waals surface area (Å²) in [7, 11) is -12.8. The maximum atomic E-state index is 13.4. The van der Waals surface area contributed by atoms with Crippen LogP contribution in [0.4, 0.5) is 43.0 Å². The predicted octanol–water partition coefficient (Wildman–Crippen LogP) is 12.9. The fourth-order valence-corrected chi connectivity index (χ4v) is 17.1. The first-order chi connectivity index (χ1) is 71.7. The third kappa shape index (κ3) is 35.7. The number of aromatic nitrogens is 16. The Kier molecular flexibility index (Phi) is 41.6. The summed E-state index contributed by atoms with van der Waals surface area (Å²) in [5.74, 6) is 1.14. The minimum absolute atomic E-state index is 0.00270. The first-order valence-corrected chi connectivity index (χ1v) is 51.5. The molecule has 12 N–H and O–H groups in total. The fraction of sp³-hybridized carbons (Fsp3) is 0.283. The van der Waals surface area contributed by atoms with E-state index in [9.17, 15) is 56.6 Å². The zero-order valence-electron chi connectivity index (χ0n) is 80.7. The topological polar surface area (TPSA) is 689 Å². The van der Waals surface area contributed by atoms with E-state index in [1.54, 1.807) is 115 Å². The lowest BCUT2D eigenvalue weighted by atomic mass is 10.2. The second-order valence-corrected chi connectivity index (χ2v) is 39.2. The largest absolute Gasteiger partial charge is 0.515 e. The standard InChI is InChI=1S/C25H28N5O9P.2C24H26N5O8P.C19H24N5O8P/c1-17-8-9-19(12-20(17)34-2)39-25(32)36-15-38-40(33,37-13-18-6-4-3-5-7-18)16-35-11-10-30-14-27-21-22(30)28-24(26)29-23(21)31;2*1-17-7-9-19(10-8-17)37-24(31)34-15-36-38(32,35-13-18-5-3-2-4-6-18)16-33-12-11-29-14-26-20-21(29)27-23(25)28-22(20)30;1-13-3-5-14(6-4-13)9-31-33(27,32-11-30-19(26)28-2)12-29-8-7-24-10-21-15-16(24)22-18(20)23-17(15)25/h3-9,12,14H,10-11,13,15-16H2,1-2H3,(H3,26,28,29,31);2*2-10,14H,11-13,15-16H2,1H3,(H3,25,27,28,30);3-6,10H,7-9,11-12H2,1-2H3,(H3,20,22,23,25). The summed E-state index contributed by atoms with van der Waals surface area (Å²) in [6.45, 7) is 5.92. The highest BCUT2D eigenvalue weighted by atomic mass is 31.2. The van der Waals surface area contributed by atoms with E-state index in [-0.39, 0.29) is 159 Å². The van der Waals surface area contributed by atoms with Crippen LogP contribution in [0.1, 0.15) is 44.5 Å². The number of fused-ring (bicyclic) bond motifs is 4. The number of nitrogen functional groups attached to an aromatic ring is 4. The molecule has 7 aromatic carbocycles. The van der Waals surface area contributed by atoms with Gasteiger partial charge in [0.2, 0.25) is 51.0 Å². The Labute approximate surface area is 845 Å². The number of benzene rings is 7. The van der Waals surface area contributed by atoms with Crippen LogP contribution in [0.3, 0.4) is 0 Å². The first-order valence-electron chi connectivity index (χ1n) is 44.5. The second-order valence-electron chi connectivity index (χ2n) is 31.2. The van der Waals surface area contributed by atoms with Crippen molar-refractivity contribution in [2.24, 2.45) is 0 Å². The van der Waals surface area contributed by atoms with Crippen LogP contribution in [-0.4, -0.2) is 196 Å². The number of anilines is 4. The number of carbonyl (C=O) groups is 4. The number of hydrogen-bond acceptors (Lipinski definition) is 45. The zero-order chi connectivity index (χ0) is 106. The van der Waals surface area contributed by atoms with Gasteiger partial charge in [0.15, 0.2) is 44.7 Å². The molecule has 790 valence electrons. The van der Waals surface area contributed by atoms with Gasteiger partial charge in [-0.25, -0.2) is 39.1 Å². The average molecular weight is 2140 g/mol. The van der Waals surface area contributed by atoms with Crippen molar-refractivity contribution in [1.29, 1.82) is 0 Å². The first kappa shape index (κ1) is 112. The molecule has 57 heteroatoms. The molecule has 0 spiro atoms. The molecule has 0 radical (unpaired) electrons. The Morgan fingerprint density at radius 1 is 0.322 bits per heavy atom. The lowest BCUT2D eigenvalue weighted by molar-refractivity contribution is 0.00237. The number of carbonyl (C=O) groups excluding carboxylic acids is 4. The van der Waals surface area contributed by atoms with E-state index < -0.39 is 130 Å². The minimum Gasteiger partial charge on any atom is -0.496 e. The molecule has 0 amide bonds. The van der Waals surface area contributed by atoms with Gasteiger partial charge in [0.1, 0.15) is 48.4 Å². The molecule has 149 heavy (non-hydrogen) atoms. The molecule has 0 aliphatic rings. The molecular weight excluding hydrogens is 2040 g/mol. The van der Waals surface area contributed by atoms with Gasteiger partial charge in [-0.05, 0) is 85.8 Å². The number of methoxy groups -OCH3 is 2. The molecule has 8 heterocycles. The number of nitrogens with one attached hydrogen (secondary N) is 4. The Morgan fingerprint density at radius 2 is 0.577 bits per heavy atom. The van der Waals surface area contributed by atoms with Crippen molar-refractivity contribution in [3.63, 3.8) is 0 Å². The van der Waals surface area contributed by atoms with Crippen molar-refractivity contribution in [3.05, 3.63) is 293 Å². The van der Waals surface area contributed by atoms with Gasteiger partial charge in [-0.1, -0.05) is 162 Å². The minimum atomic E-state index is -3.90. The second kappa shape index (κ2) is 55.3. The number of aryl methyl sites for hydroxylation is 4. The van der Waals surface area contributed by atoms with E-state index in [0.29, 0.717) is 11.4 Å². The highest BCUT2D eigenvalue weighted by Crippen LogP contribution is 2.52. The molecular formula is C92H104N20O33P4. The predicted molar refractivity (Wildman–Crippen MR) is 532 cm³/mol. The molecule has 8 aromatic heterocycles. The van der Waals surface area contributed by atoms with Crippen LogP contribution in [0.5, 0.6) is 23.0 Å². The molecule has 0 aliphatic carbocycles. The van der Waals surface area contributed by atoms with Crippen molar-refractivity contribution in [1.82, 2.24) is 78.1 Å². The summed E-state index contributed by atoms with van der Waals surface area (Å²) in [4.78, 5) is 137. The number of nitrogens with two attached hydrogens (primary N) is 4. The molecule has 4 atom stereocenters. The van der Waals surface area contributed by atoms with Crippen molar-refractivity contribution in [2.75, 3.05) is 116 Å². The van der Waals surface area contributed by atoms with E-state index in [1.165, 1.54) is 38.5 Å². The average Bonchev–Trinajstić information content (AvgIpc) is 1.67. The molecule has 15 rings (SSSR count). The molecule has 0 saturated carbocycles. The molecule has 53 nitrogen and oxygen atoms in total. The SMILES string of the molecule is COC(=O)OCOP(=O)(COCCn1cnc2c(=O)[nH]c(N)nc21)OCc1ccc(C)cc1.COc1cc(OC(=O)OCOP(=O)(COCCn2cnc3c(=O)[nH]c(N)nc32)OCc2ccccc2)ccc1C.Cc1ccc(OC(=O)OCOP(=O)(COCCn2cnc3c(=O)[nH]c(N)nc32)OCc2ccccc2)cc1.Cc1ccc(OC(=O)OCOP(=O)(COCCn2cnc3c(=O)[nH]c(N)nc32)OCc2ccccc2)cc1. The molecule has 4 unspecified atom stereocenters. The number of aromatic amines is 4. The van der Waals surface area contributed by atoms with E-state index in [0.717, 1.165) is 51.6 Å². The van der Waals surface area contributed by atoms with Crippen LogP contribution >= 0.6 is 30.4 Å². The number of rotatable bonds is 48. The van der Waals surface area contributed by atoms with Crippen molar-refractivity contribution >= 4 is 123 Å². The summed E-state index contributed by atoms with van der Waals surface area (Å²) >= 11 is 0. The smallest absolute Gasteiger partial charge is 0.496 e. The van der Waals surface area contributed by atoms with E-state index >= 15 is 0 Å². The highest BCUT2D eigenvalue weighted by molar-refractivity contribution is 7.54. The Morgan fingerprint density at radius 3 is 0.852 bits per heavy atom. The van der Waals surface area contributed by atoms with Gasteiger partial charge < -0.3 is 121 Å². The molecule has 0 fully saturated rings. The zero-order valence-corrected chi connectivity index (χ0v) is 84.3. The maximum Gasteiger partial charge on any atom is 0.515 e. The third-order valence-corrected chi connectivity index (χ3v) is 26.2. The van der Waals surface area contributed by atoms with Gasteiger partial charge in [0, 0.05) is 32.2 Å². The highest BCUT2D eigenvalue weighted by Gasteiger charge is 2.32. The van der Waals surface area contributed by atoms with Crippen LogP contribution in [0.25, 0.3) is 44.7 Å². The molecule has 0 bridgehead atoms. The number of hydrogen-bond donors (Lipinski definition) is 8. The fourth-order valence-electron chi connectivity index (χ4n) is 12.6. The van der Waals surface area contributed by atoms with E-state index in [4.69, 9.17) is 111 Å². The normalized spacial score (nSPS) is 12.8. The summed E-state index contributed by atoms with van der Waals surface area (Å²) < 4.78 is 169.